The average Bonchev–Trinajstić information content (AvgIpc) is 2.86. The number of aromatic nitrogens is 1. The highest BCUT2D eigenvalue weighted by atomic mass is 35.5. The lowest BCUT2D eigenvalue weighted by Crippen LogP contribution is -2.40. The molecule has 2 saturated heterocycles. The van der Waals surface area contributed by atoms with Gasteiger partial charge in [-0.3, -0.25) is 4.79 Å². The van der Waals surface area contributed by atoms with Gasteiger partial charge in [0.2, 0.25) is 5.91 Å². The lowest BCUT2D eigenvalue weighted by atomic mass is 10.0. The minimum absolute atomic E-state index is 0.116. The predicted molar refractivity (Wildman–Crippen MR) is 117 cm³/mol. The van der Waals surface area contributed by atoms with Gasteiger partial charge in [-0.25, -0.2) is 4.98 Å². The van der Waals surface area contributed by atoms with Crippen LogP contribution in [0.25, 0.3) is 11.1 Å². The van der Waals surface area contributed by atoms with E-state index in [1.54, 1.807) is 6.20 Å². The molecule has 2 aliphatic heterocycles. The first-order chi connectivity index (χ1) is 13.4. The number of hydrogen-bond donors (Lipinski definition) is 1. The third-order valence-corrected chi connectivity index (χ3v) is 7.74. The second kappa shape index (κ2) is 8.05. The molecular weight excluding hydrogens is 390 g/mol. The van der Waals surface area contributed by atoms with E-state index in [0.29, 0.717) is 11.1 Å². The van der Waals surface area contributed by atoms with Crippen LogP contribution < -0.4 is 5.32 Å². The molecule has 0 spiro atoms. The second-order valence-electron chi connectivity index (χ2n) is 7.98. The normalized spacial score (nSPS) is 24.4. The molecule has 3 atom stereocenters. The van der Waals surface area contributed by atoms with Gasteiger partial charge in [0.1, 0.15) is 5.82 Å². The molecule has 4 rings (SSSR count). The standard InChI is InChI=1S/C22H26ClN3OS/c1-13-8-16(12-24-22(13)25-14(2)27)15-4-7-21(20(23)9-15)28-19-10-17-5-6-18(11-19)26(17)3/h4,7-9,12,17-19H,5-6,10-11H2,1-3H3,(H,24,25,27)/t17-,18+,19?. The molecule has 1 amide bonds. The van der Waals surface area contributed by atoms with E-state index >= 15 is 0 Å². The first kappa shape index (κ1) is 19.7. The molecule has 1 aromatic heterocycles. The third kappa shape index (κ3) is 4.07. The summed E-state index contributed by atoms with van der Waals surface area (Å²) in [6.07, 6.45) is 6.97. The summed E-state index contributed by atoms with van der Waals surface area (Å²) < 4.78 is 0. The molecular formula is C22H26ClN3OS. The monoisotopic (exact) mass is 415 g/mol. The number of hydrogen-bond acceptors (Lipinski definition) is 4. The van der Waals surface area contributed by atoms with Gasteiger partial charge >= 0.3 is 0 Å². The van der Waals surface area contributed by atoms with Gasteiger partial charge < -0.3 is 10.2 Å². The number of rotatable bonds is 4. The summed E-state index contributed by atoms with van der Waals surface area (Å²) >= 11 is 8.58. The van der Waals surface area contributed by atoms with Gasteiger partial charge in [0.05, 0.1) is 5.02 Å². The molecule has 2 aliphatic rings. The topological polar surface area (TPSA) is 45.2 Å². The molecule has 2 bridgehead atoms. The van der Waals surface area contributed by atoms with Crippen molar-refractivity contribution in [2.24, 2.45) is 0 Å². The number of piperidine rings is 1. The number of anilines is 1. The number of aryl methyl sites for hydroxylation is 1. The number of thioether (sulfide) groups is 1. The summed E-state index contributed by atoms with van der Waals surface area (Å²) in [6, 6.07) is 9.80. The Morgan fingerprint density at radius 1 is 1.21 bits per heavy atom. The summed E-state index contributed by atoms with van der Waals surface area (Å²) in [5.41, 5.74) is 2.98. The van der Waals surface area contributed by atoms with Crippen LogP contribution in [-0.4, -0.2) is 40.2 Å². The molecule has 28 heavy (non-hydrogen) atoms. The Balaban J connectivity index is 1.49. The van der Waals surface area contributed by atoms with Crippen molar-refractivity contribution >= 4 is 35.1 Å². The highest BCUT2D eigenvalue weighted by Gasteiger charge is 2.38. The van der Waals surface area contributed by atoms with Crippen molar-refractivity contribution < 1.29 is 4.79 Å². The van der Waals surface area contributed by atoms with Crippen molar-refractivity contribution in [3.05, 3.63) is 41.0 Å². The van der Waals surface area contributed by atoms with Gasteiger partial charge in [0.25, 0.3) is 0 Å². The Labute approximate surface area is 176 Å². The summed E-state index contributed by atoms with van der Waals surface area (Å²) in [6.45, 7) is 3.43. The fourth-order valence-corrected chi connectivity index (χ4v) is 6.07. The van der Waals surface area contributed by atoms with Crippen LogP contribution in [0, 0.1) is 6.92 Å². The van der Waals surface area contributed by atoms with Gasteiger partial charge in [-0.15, -0.1) is 11.8 Å². The highest BCUT2D eigenvalue weighted by Crippen LogP contribution is 2.43. The number of nitrogens with zero attached hydrogens (tertiary/aromatic N) is 2. The van der Waals surface area contributed by atoms with Crippen molar-refractivity contribution in [2.75, 3.05) is 12.4 Å². The number of benzene rings is 1. The van der Waals surface area contributed by atoms with Crippen LogP contribution in [0.3, 0.4) is 0 Å². The van der Waals surface area contributed by atoms with Crippen LogP contribution in [-0.2, 0) is 4.79 Å². The van der Waals surface area contributed by atoms with E-state index in [1.165, 1.54) is 37.5 Å². The third-order valence-electron chi connectivity index (χ3n) is 5.99. The van der Waals surface area contributed by atoms with Crippen LogP contribution in [0.15, 0.2) is 35.4 Å². The van der Waals surface area contributed by atoms with E-state index in [9.17, 15) is 4.79 Å². The van der Waals surface area contributed by atoms with Crippen LogP contribution in [0.4, 0.5) is 5.82 Å². The molecule has 148 valence electrons. The number of halogens is 1. The number of pyridine rings is 1. The summed E-state index contributed by atoms with van der Waals surface area (Å²) in [7, 11) is 2.28. The van der Waals surface area contributed by atoms with Crippen molar-refractivity contribution in [3.8, 4) is 11.1 Å². The van der Waals surface area contributed by atoms with E-state index in [2.05, 4.69) is 34.4 Å². The first-order valence-electron chi connectivity index (χ1n) is 9.83. The quantitative estimate of drug-likeness (QED) is 0.727. The first-order valence-corrected chi connectivity index (χ1v) is 11.1. The molecule has 2 fully saturated rings. The predicted octanol–water partition coefficient (Wildman–Crippen LogP) is 5.39. The molecule has 3 heterocycles. The summed E-state index contributed by atoms with van der Waals surface area (Å²) in [4.78, 5) is 19.4. The highest BCUT2D eigenvalue weighted by molar-refractivity contribution is 8.00. The molecule has 2 aromatic rings. The molecule has 0 aliphatic carbocycles. The Hall–Kier alpha value is -1.56. The number of carbonyl (C=O) groups excluding carboxylic acids is 1. The van der Waals surface area contributed by atoms with Crippen LogP contribution >= 0.6 is 23.4 Å². The fourth-order valence-electron chi connectivity index (χ4n) is 4.44. The Morgan fingerprint density at radius 2 is 1.93 bits per heavy atom. The van der Waals surface area contributed by atoms with Crippen molar-refractivity contribution in [1.29, 1.82) is 0 Å². The maximum Gasteiger partial charge on any atom is 0.222 e. The molecule has 4 nitrogen and oxygen atoms in total. The van der Waals surface area contributed by atoms with Crippen molar-refractivity contribution in [1.82, 2.24) is 9.88 Å². The molecule has 0 saturated carbocycles. The fraction of sp³-hybridized carbons (Fsp3) is 0.455. The zero-order chi connectivity index (χ0) is 19.8. The number of nitrogens with one attached hydrogen (secondary N) is 1. The average molecular weight is 416 g/mol. The van der Waals surface area contributed by atoms with E-state index in [-0.39, 0.29) is 5.91 Å². The molecule has 6 heteroatoms. The SMILES string of the molecule is CC(=O)Nc1ncc(-c2ccc(SC3C[C@H]4CC[C@@H](C3)N4C)c(Cl)c2)cc1C. The largest absolute Gasteiger partial charge is 0.311 e. The molecule has 1 unspecified atom stereocenters. The molecule has 1 N–H and O–H groups in total. The lowest BCUT2D eigenvalue weighted by Gasteiger charge is -2.36. The van der Waals surface area contributed by atoms with E-state index in [4.69, 9.17) is 11.6 Å². The Kier molecular flexibility index (Phi) is 5.68. The maximum absolute atomic E-state index is 11.3. The molecule has 0 radical (unpaired) electrons. The van der Waals surface area contributed by atoms with Gasteiger partial charge in [-0.2, -0.15) is 0 Å². The lowest BCUT2D eigenvalue weighted by molar-refractivity contribution is -0.114. The van der Waals surface area contributed by atoms with Crippen LogP contribution in [0.5, 0.6) is 0 Å². The number of fused-ring (bicyclic) bond motifs is 2. The minimum Gasteiger partial charge on any atom is -0.311 e. The van der Waals surface area contributed by atoms with E-state index in [1.807, 2.05) is 30.8 Å². The summed E-state index contributed by atoms with van der Waals surface area (Å²) in [5, 5.41) is 4.20. The van der Waals surface area contributed by atoms with Gasteiger partial charge in [0.15, 0.2) is 0 Å². The van der Waals surface area contributed by atoms with Crippen molar-refractivity contribution in [3.63, 3.8) is 0 Å². The smallest absolute Gasteiger partial charge is 0.222 e. The minimum atomic E-state index is -0.116. The maximum atomic E-state index is 11.3. The van der Waals surface area contributed by atoms with Gasteiger partial charge in [-0.1, -0.05) is 17.7 Å². The summed E-state index contributed by atoms with van der Waals surface area (Å²) in [5.74, 6) is 0.488. The Bertz CT molecular complexity index is 889. The van der Waals surface area contributed by atoms with Crippen LogP contribution in [0.1, 0.15) is 38.2 Å². The van der Waals surface area contributed by atoms with Crippen molar-refractivity contribution in [2.45, 2.75) is 61.8 Å². The van der Waals surface area contributed by atoms with Crippen LogP contribution in [0.2, 0.25) is 5.02 Å². The molecule has 1 aromatic carbocycles. The van der Waals surface area contributed by atoms with Gasteiger partial charge in [0, 0.05) is 40.9 Å². The number of carbonyl (C=O) groups is 1. The zero-order valence-electron chi connectivity index (χ0n) is 16.5. The zero-order valence-corrected chi connectivity index (χ0v) is 18.1. The van der Waals surface area contributed by atoms with E-state index < -0.39 is 0 Å². The number of amides is 1. The Morgan fingerprint density at radius 3 is 2.54 bits per heavy atom. The second-order valence-corrected chi connectivity index (χ2v) is 9.73. The van der Waals surface area contributed by atoms with E-state index in [0.717, 1.165) is 33.8 Å². The van der Waals surface area contributed by atoms with Gasteiger partial charge in [-0.05, 0) is 69.0 Å².